The molecule has 1 saturated heterocycles. The average Bonchev–Trinajstić information content (AvgIpc) is 2.67. The molecular formula is C15H22N2O2. The van der Waals surface area contributed by atoms with Crippen molar-refractivity contribution < 1.29 is 9.90 Å². The Labute approximate surface area is 114 Å². The van der Waals surface area contributed by atoms with Crippen molar-refractivity contribution >= 4 is 11.8 Å². The first kappa shape index (κ1) is 13.8. The van der Waals surface area contributed by atoms with Crippen molar-refractivity contribution in [2.45, 2.75) is 45.4 Å². The highest BCUT2D eigenvalue weighted by Gasteiger charge is 2.15. The number of aromatic carboxylic acids is 1. The number of hydrogen-bond donors (Lipinski definition) is 1. The fourth-order valence-electron chi connectivity index (χ4n) is 2.54. The summed E-state index contributed by atoms with van der Waals surface area (Å²) in [6, 6.07) is 3.42. The molecule has 0 spiro atoms. The molecule has 1 fully saturated rings. The van der Waals surface area contributed by atoms with Gasteiger partial charge in [0.1, 0.15) is 5.82 Å². The van der Waals surface area contributed by atoms with Crippen LogP contribution in [0.2, 0.25) is 0 Å². The zero-order valence-corrected chi connectivity index (χ0v) is 11.6. The number of rotatable bonds is 4. The monoisotopic (exact) mass is 262 g/mol. The molecule has 0 saturated carbocycles. The summed E-state index contributed by atoms with van der Waals surface area (Å²) in [5.41, 5.74) is 1.25. The first-order valence-corrected chi connectivity index (χ1v) is 7.20. The minimum atomic E-state index is -0.865. The molecule has 1 aromatic heterocycles. The summed E-state index contributed by atoms with van der Waals surface area (Å²) in [4.78, 5) is 18.1. The van der Waals surface area contributed by atoms with Crippen molar-refractivity contribution in [2.24, 2.45) is 0 Å². The van der Waals surface area contributed by atoms with Crippen LogP contribution in [0.4, 0.5) is 5.82 Å². The van der Waals surface area contributed by atoms with Gasteiger partial charge in [0.2, 0.25) is 0 Å². The average molecular weight is 262 g/mol. The van der Waals surface area contributed by atoms with Gasteiger partial charge in [0.15, 0.2) is 0 Å². The van der Waals surface area contributed by atoms with Crippen LogP contribution in [-0.2, 0) is 6.42 Å². The van der Waals surface area contributed by atoms with Crippen molar-refractivity contribution in [3.8, 4) is 0 Å². The van der Waals surface area contributed by atoms with Gasteiger partial charge in [0, 0.05) is 18.8 Å². The molecule has 0 aromatic carbocycles. The predicted octanol–water partition coefficient (Wildman–Crippen LogP) is 3.11. The maximum absolute atomic E-state index is 11.2. The van der Waals surface area contributed by atoms with Gasteiger partial charge in [-0.2, -0.15) is 0 Å². The van der Waals surface area contributed by atoms with Gasteiger partial charge in [0.25, 0.3) is 0 Å². The fraction of sp³-hybridized carbons (Fsp3) is 0.600. The van der Waals surface area contributed by atoms with E-state index in [0.717, 1.165) is 37.4 Å². The van der Waals surface area contributed by atoms with Gasteiger partial charge >= 0.3 is 5.97 Å². The second kappa shape index (κ2) is 6.55. The Morgan fingerprint density at radius 3 is 2.53 bits per heavy atom. The normalized spacial score (nSPS) is 16.2. The number of carboxylic acid groups (broad SMARTS) is 1. The van der Waals surface area contributed by atoms with E-state index in [-0.39, 0.29) is 0 Å². The molecule has 104 valence electrons. The van der Waals surface area contributed by atoms with E-state index in [4.69, 9.17) is 0 Å². The molecule has 0 unspecified atom stereocenters. The molecule has 0 atom stereocenters. The molecule has 0 aliphatic carbocycles. The number of nitrogens with zero attached hydrogens (tertiary/aromatic N) is 2. The maximum Gasteiger partial charge on any atom is 0.335 e. The SMILES string of the molecule is CCCc1cc(C(=O)O)cc(N2CCCCCC2)n1. The highest BCUT2D eigenvalue weighted by atomic mass is 16.4. The van der Waals surface area contributed by atoms with E-state index in [0.29, 0.717) is 5.56 Å². The molecule has 1 aromatic rings. The molecule has 4 heteroatoms. The molecule has 19 heavy (non-hydrogen) atoms. The molecular weight excluding hydrogens is 240 g/mol. The lowest BCUT2D eigenvalue weighted by Crippen LogP contribution is -2.25. The summed E-state index contributed by atoms with van der Waals surface area (Å²) in [5.74, 6) is -0.0268. The van der Waals surface area contributed by atoms with Crippen LogP contribution in [-0.4, -0.2) is 29.1 Å². The number of pyridine rings is 1. The third-order valence-electron chi connectivity index (χ3n) is 3.55. The maximum atomic E-state index is 11.2. The summed E-state index contributed by atoms with van der Waals surface area (Å²) in [5, 5.41) is 9.21. The molecule has 0 bridgehead atoms. The summed E-state index contributed by atoms with van der Waals surface area (Å²) in [6.07, 6.45) is 6.68. The van der Waals surface area contributed by atoms with Crippen molar-refractivity contribution in [1.82, 2.24) is 4.98 Å². The Balaban J connectivity index is 2.28. The summed E-state index contributed by atoms with van der Waals surface area (Å²) < 4.78 is 0. The Kier molecular flexibility index (Phi) is 4.77. The minimum Gasteiger partial charge on any atom is -0.478 e. The van der Waals surface area contributed by atoms with Gasteiger partial charge in [-0.3, -0.25) is 0 Å². The van der Waals surface area contributed by atoms with E-state index in [1.165, 1.54) is 25.7 Å². The van der Waals surface area contributed by atoms with Gasteiger partial charge in [-0.05, 0) is 31.4 Å². The number of aryl methyl sites for hydroxylation is 1. The molecule has 2 rings (SSSR count). The smallest absolute Gasteiger partial charge is 0.335 e. The van der Waals surface area contributed by atoms with Crippen molar-refractivity contribution in [1.29, 1.82) is 0 Å². The van der Waals surface area contributed by atoms with Crippen LogP contribution in [0, 0.1) is 0 Å². The second-order valence-corrected chi connectivity index (χ2v) is 5.16. The zero-order valence-electron chi connectivity index (χ0n) is 11.6. The minimum absolute atomic E-state index is 0.359. The topological polar surface area (TPSA) is 53.4 Å². The number of anilines is 1. The second-order valence-electron chi connectivity index (χ2n) is 5.16. The van der Waals surface area contributed by atoms with Crippen LogP contribution in [0.1, 0.15) is 55.1 Å². The zero-order chi connectivity index (χ0) is 13.7. The van der Waals surface area contributed by atoms with Crippen LogP contribution >= 0.6 is 0 Å². The van der Waals surface area contributed by atoms with E-state index >= 15 is 0 Å². The van der Waals surface area contributed by atoms with Gasteiger partial charge in [-0.25, -0.2) is 9.78 Å². The number of carboxylic acids is 1. The molecule has 1 N–H and O–H groups in total. The Bertz CT molecular complexity index is 438. The lowest BCUT2D eigenvalue weighted by atomic mass is 10.1. The highest BCUT2D eigenvalue weighted by molar-refractivity contribution is 5.88. The summed E-state index contributed by atoms with van der Waals surface area (Å²) >= 11 is 0. The van der Waals surface area contributed by atoms with E-state index in [2.05, 4.69) is 16.8 Å². The lowest BCUT2D eigenvalue weighted by Gasteiger charge is -2.22. The first-order valence-electron chi connectivity index (χ1n) is 7.20. The number of carbonyl (C=O) groups is 1. The van der Waals surface area contributed by atoms with Crippen LogP contribution in [0.3, 0.4) is 0 Å². The van der Waals surface area contributed by atoms with Crippen molar-refractivity contribution in [2.75, 3.05) is 18.0 Å². The van der Waals surface area contributed by atoms with Crippen LogP contribution in [0.25, 0.3) is 0 Å². The van der Waals surface area contributed by atoms with Gasteiger partial charge in [0.05, 0.1) is 5.56 Å². The van der Waals surface area contributed by atoms with Gasteiger partial charge in [-0.15, -0.1) is 0 Å². The number of hydrogen-bond acceptors (Lipinski definition) is 3. The lowest BCUT2D eigenvalue weighted by molar-refractivity contribution is 0.0696. The molecule has 1 aliphatic rings. The van der Waals surface area contributed by atoms with E-state index in [1.807, 2.05) is 0 Å². The highest BCUT2D eigenvalue weighted by Crippen LogP contribution is 2.20. The third kappa shape index (κ3) is 3.69. The first-order chi connectivity index (χ1) is 9.20. The van der Waals surface area contributed by atoms with Crippen LogP contribution in [0.15, 0.2) is 12.1 Å². The van der Waals surface area contributed by atoms with Crippen molar-refractivity contribution in [3.63, 3.8) is 0 Å². The third-order valence-corrected chi connectivity index (χ3v) is 3.55. The largest absolute Gasteiger partial charge is 0.478 e. The standard InChI is InChI=1S/C15H22N2O2/c1-2-7-13-10-12(15(18)19)11-14(16-13)17-8-5-3-4-6-9-17/h10-11H,2-9H2,1H3,(H,18,19). The summed E-state index contributed by atoms with van der Waals surface area (Å²) in [7, 11) is 0. The van der Waals surface area contributed by atoms with Crippen LogP contribution < -0.4 is 4.90 Å². The van der Waals surface area contributed by atoms with E-state index in [1.54, 1.807) is 12.1 Å². The molecule has 4 nitrogen and oxygen atoms in total. The Morgan fingerprint density at radius 1 is 1.26 bits per heavy atom. The molecule has 0 radical (unpaired) electrons. The van der Waals surface area contributed by atoms with E-state index in [9.17, 15) is 9.90 Å². The molecule has 0 amide bonds. The Morgan fingerprint density at radius 2 is 1.95 bits per heavy atom. The van der Waals surface area contributed by atoms with E-state index < -0.39 is 5.97 Å². The van der Waals surface area contributed by atoms with Gasteiger partial charge < -0.3 is 10.0 Å². The Hall–Kier alpha value is -1.58. The quantitative estimate of drug-likeness (QED) is 0.905. The molecule has 1 aliphatic heterocycles. The number of aromatic nitrogens is 1. The molecule has 2 heterocycles. The van der Waals surface area contributed by atoms with Crippen molar-refractivity contribution in [3.05, 3.63) is 23.4 Å². The summed E-state index contributed by atoms with van der Waals surface area (Å²) in [6.45, 7) is 4.06. The fourth-order valence-corrected chi connectivity index (χ4v) is 2.54. The van der Waals surface area contributed by atoms with Crippen LogP contribution in [0.5, 0.6) is 0 Å². The van der Waals surface area contributed by atoms with Gasteiger partial charge in [-0.1, -0.05) is 26.2 Å². The predicted molar refractivity (Wildman–Crippen MR) is 75.9 cm³/mol.